The lowest BCUT2D eigenvalue weighted by atomic mass is 10.1. The van der Waals surface area contributed by atoms with Crippen molar-refractivity contribution in [3.05, 3.63) is 50.4 Å². The molecular formula is C16H18ClN3O2S. The number of hydrogen-bond acceptors (Lipinski definition) is 4. The smallest absolute Gasteiger partial charge is 0.254 e. The first-order chi connectivity index (χ1) is 10.9. The topological polar surface area (TPSA) is 74.8 Å². The number of H-pyrrole nitrogens is 1. The fraction of sp³-hybridized carbons (Fsp3) is 0.312. The van der Waals surface area contributed by atoms with Gasteiger partial charge in [-0.25, -0.2) is 4.98 Å². The zero-order chi connectivity index (χ0) is 17.0. The summed E-state index contributed by atoms with van der Waals surface area (Å²) in [5.41, 5.74) is 2.63. The molecule has 0 saturated heterocycles. The maximum Gasteiger partial charge on any atom is 0.254 e. The first-order valence-electron chi connectivity index (χ1n) is 7.10. The van der Waals surface area contributed by atoms with E-state index in [2.05, 4.69) is 15.3 Å². The molecule has 0 radical (unpaired) electrons. The average Bonchev–Trinajstić information content (AvgIpc) is 2.49. The zero-order valence-electron chi connectivity index (χ0n) is 13.2. The largest absolute Gasteiger partial charge is 0.326 e. The van der Waals surface area contributed by atoms with Gasteiger partial charge >= 0.3 is 0 Å². The second kappa shape index (κ2) is 7.66. The Morgan fingerprint density at radius 1 is 1.39 bits per heavy atom. The van der Waals surface area contributed by atoms with Crippen LogP contribution in [0.25, 0.3) is 0 Å². The Morgan fingerprint density at radius 2 is 2.13 bits per heavy atom. The minimum absolute atomic E-state index is 0.164. The third-order valence-corrected chi connectivity index (χ3v) is 4.28. The summed E-state index contributed by atoms with van der Waals surface area (Å²) in [6.07, 6.45) is 2.39. The number of aryl methyl sites for hydroxylation is 2. The van der Waals surface area contributed by atoms with Crippen LogP contribution in [-0.2, 0) is 11.2 Å². The molecule has 1 aromatic carbocycles. The van der Waals surface area contributed by atoms with Gasteiger partial charge in [0.15, 0.2) is 5.16 Å². The van der Waals surface area contributed by atoms with Gasteiger partial charge in [0.2, 0.25) is 5.91 Å². The van der Waals surface area contributed by atoms with Gasteiger partial charge in [0, 0.05) is 28.4 Å². The lowest BCUT2D eigenvalue weighted by molar-refractivity contribution is -0.116. The number of thioether (sulfide) groups is 1. The van der Waals surface area contributed by atoms with Gasteiger partial charge in [0.25, 0.3) is 5.56 Å². The lowest BCUT2D eigenvalue weighted by Crippen LogP contribution is -2.20. The van der Waals surface area contributed by atoms with Gasteiger partial charge in [0.1, 0.15) is 0 Å². The molecule has 0 saturated carbocycles. The van der Waals surface area contributed by atoms with Crippen LogP contribution in [0.3, 0.4) is 0 Å². The highest BCUT2D eigenvalue weighted by molar-refractivity contribution is 7.98. The highest BCUT2D eigenvalue weighted by Crippen LogP contribution is 2.20. The summed E-state index contributed by atoms with van der Waals surface area (Å²) in [5, 5.41) is 3.97. The fourth-order valence-corrected chi connectivity index (χ4v) is 2.75. The van der Waals surface area contributed by atoms with Crippen molar-refractivity contribution >= 4 is 35.0 Å². The monoisotopic (exact) mass is 351 g/mol. The quantitative estimate of drug-likeness (QED) is 0.640. The van der Waals surface area contributed by atoms with Crippen LogP contribution in [0, 0.1) is 13.8 Å². The number of aromatic nitrogens is 2. The van der Waals surface area contributed by atoms with E-state index in [1.165, 1.54) is 11.8 Å². The van der Waals surface area contributed by atoms with Crippen molar-refractivity contribution in [1.29, 1.82) is 0 Å². The normalized spacial score (nSPS) is 10.6. The van der Waals surface area contributed by atoms with Crippen LogP contribution < -0.4 is 10.9 Å². The maximum atomic E-state index is 12.1. The number of carbonyl (C=O) groups is 1. The van der Waals surface area contributed by atoms with Crippen molar-refractivity contribution in [2.75, 3.05) is 11.6 Å². The van der Waals surface area contributed by atoms with E-state index in [1.807, 2.05) is 19.2 Å². The number of hydrogen-bond donors (Lipinski definition) is 2. The Bertz CT molecular complexity index is 789. The summed E-state index contributed by atoms with van der Waals surface area (Å²) in [7, 11) is 0. The predicted octanol–water partition coefficient (Wildman–Crippen LogP) is 3.33. The van der Waals surface area contributed by atoms with Crippen molar-refractivity contribution in [2.45, 2.75) is 31.8 Å². The van der Waals surface area contributed by atoms with Gasteiger partial charge in [-0.2, -0.15) is 0 Å². The molecule has 2 rings (SSSR count). The van der Waals surface area contributed by atoms with E-state index in [9.17, 15) is 9.59 Å². The molecule has 0 aliphatic rings. The van der Waals surface area contributed by atoms with Gasteiger partial charge in [-0.05, 0) is 44.2 Å². The summed E-state index contributed by atoms with van der Waals surface area (Å²) in [6.45, 7) is 3.68. The van der Waals surface area contributed by atoms with E-state index < -0.39 is 0 Å². The molecule has 0 bridgehead atoms. The fourth-order valence-electron chi connectivity index (χ4n) is 2.16. The minimum atomic E-state index is -0.186. The molecule has 0 fully saturated rings. The molecule has 0 aliphatic carbocycles. The second-order valence-electron chi connectivity index (χ2n) is 5.15. The SMILES string of the molecule is CSc1nc(C)c(CCC(=O)Nc2cc(Cl)ccc2C)c(=O)[nH]1. The average molecular weight is 352 g/mol. The van der Waals surface area contributed by atoms with E-state index >= 15 is 0 Å². The van der Waals surface area contributed by atoms with Crippen LogP contribution in [0.5, 0.6) is 0 Å². The summed E-state index contributed by atoms with van der Waals surface area (Å²) >= 11 is 7.31. The van der Waals surface area contributed by atoms with E-state index in [0.29, 0.717) is 33.5 Å². The zero-order valence-corrected chi connectivity index (χ0v) is 14.8. The van der Waals surface area contributed by atoms with Crippen molar-refractivity contribution in [3.63, 3.8) is 0 Å². The highest BCUT2D eigenvalue weighted by atomic mass is 35.5. The molecule has 0 atom stereocenters. The van der Waals surface area contributed by atoms with E-state index in [1.54, 1.807) is 19.1 Å². The summed E-state index contributed by atoms with van der Waals surface area (Å²) in [5.74, 6) is -0.164. The van der Waals surface area contributed by atoms with Gasteiger partial charge in [-0.1, -0.05) is 29.4 Å². The molecular weight excluding hydrogens is 334 g/mol. The highest BCUT2D eigenvalue weighted by Gasteiger charge is 2.11. The lowest BCUT2D eigenvalue weighted by Gasteiger charge is -2.09. The Morgan fingerprint density at radius 3 is 2.78 bits per heavy atom. The second-order valence-corrected chi connectivity index (χ2v) is 6.38. The Labute approximate surface area is 143 Å². The van der Waals surface area contributed by atoms with Gasteiger partial charge in [-0.3, -0.25) is 9.59 Å². The molecule has 122 valence electrons. The van der Waals surface area contributed by atoms with Crippen LogP contribution in [-0.4, -0.2) is 22.1 Å². The number of benzene rings is 1. The first-order valence-corrected chi connectivity index (χ1v) is 8.70. The molecule has 2 N–H and O–H groups in total. The van der Waals surface area contributed by atoms with Crippen LogP contribution >= 0.6 is 23.4 Å². The van der Waals surface area contributed by atoms with Crippen LogP contribution in [0.15, 0.2) is 28.2 Å². The standard InChI is InChI=1S/C16H18ClN3O2S/c1-9-4-5-11(17)8-13(9)19-14(21)7-6-12-10(2)18-16(23-3)20-15(12)22/h4-5,8H,6-7H2,1-3H3,(H,19,21)(H,18,20,22). The molecule has 0 aliphatic heterocycles. The first kappa shape index (κ1) is 17.6. The minimum Gasteiger partial charge on any atom is -0.326 e. The number of rotatable bonds is 5. The molecule has 1 aromatic heterocycles. The molecule has 5 nitrogen and oxygen atoms in total. The summed E-state index contributed by atoms with van der Waals surface area (Å²) in [4.78, 5) is 31.1. The molecule has 7 heteroatoms. The predicted molar refractivity (Wildman–Crippen MR) is 94.5 cm³/mol. The number of amides is 1. The van der Waals surface area contributed by atoms with Crippen molar-refractivity contribution < 1.29 is 4.79 Å². The summed E-state index contributed by atoms with van der Waals surface area (Å²) < 4.78 is 0. The van der Waals surface area contributed by atoms with Crippen molar-refractivity contribution in [2.24, 2.45) is 0 Å². The molecule has 1 amide bonds. The molecule has 2 aromatic rings. The number of carbonyl (C=O) groups excluding carboxylic acids is 1. The molecule has 1 heterocycles. The van der Waals surface area contributed by atoms with Gasteiger partial charge in [-0.15, -0.1) is 0 Å². The maximum absolute atomic E-state index is 12.1. The van der Waals surface area contributed by atoms with E-state index in [-0.39, 0.29) is 17.9 Å². The Kier molecular flexibility index (Phi) is 5.85. The third kappa shape index (κ3) is 4.59. The van der Waals surface area contributed by atoms with Gasteiger partial charge < -0.3 is 10.3 Å². The van der Waals surface area contributed by atoms with Crippen LogP contribution in [0.1, 0.15) is 23.2 Å². The number of aromatic amines is 1. The Hall–Kier alpha value is -1.79. The van der Waals surface area contributed by atoms with E-state index in [0.717, 1.165) is 5.56 Å². The van der Waals surface area contributed by atoms with Crippen molar-refractivity contribution in [3.8, 4) is 0 Å². The number of nitrogens with one attached hydrogen (secondary N) is 2. The number of anilines is 1. The molecule has 0 spiro atoms. The molecule has 0 unspecified atom stereocenters. The van der Waals surface area contributed by atoms with Crippen molar-refractivity contribution in [1.82, 2.24) is 9.97 Å². The van der Waals surface area contributed by atoms with E-state index in [4.69, 9.17) is 11.6 Å². The van der Waals surface area contributed by atoms with Crippen LogP contribution in [0.2, 0.25) is 5.02 Å². The van der Waals surface area contributed by atoms with Gasteiger partial charge in [0.05, 0.1) is 0 Å². The van der Waals surface area contributed by atoms with Crippen LogP contribution in [0.4, 0.5) is 5.69 Å². The Balaban J connectivity index is 2.05. The molecule has 23 heavy (non-hydrogen) atoms. The number of nitrogens with zero attached hydrogens (tertiary/aromatic N) is 1. The number of halogens is 1. The third-order valence-electron chi connectivity index (χ3n) is 3.47. The summed E-state index contributed by atoms with van der Waals surface area (Å²) in [6, 6.07) is 5.33.